The van der Waals surface area contributed by atoms with Gasteiger partial charge in [-0.15, -0.1) is 0 Å². The first-order chi connectivity index (χ1) is 66.8. The molecule has 0 unspecified atom stereocenters. The zero-order valence-electron chi connectivity index (χ0n) is 80.1. The van der Waals surface area contributed by atoms with Crippen LogP contribution in [0.2, 0.25) is 0 Å². The number of hydrogen-bond acceptors (Lipinski definition) is 10. The van der Waals surface area contributed by atoms with E-state index in [-0.39, 0.29) is 21.7 Å². The van der Waals surface area contributed by atoms with E-state index < -0.39 is 0 Å². The van der Waals surface area contributed by atoms with Crippen molar-refractivity contribution in [2.24, 2.45) is 0 Å². The van der Waals surface area contributed by atoms with Crippen LogP contribution in [0.15, 0.2) is 218 Å². The molecular formula is C122H110N12O4. The molecule has 6 N–H and O–H groups in total. The summed E-state index contributed by atoms with van der Waals surface area (Å²) in [5.41, 5.74) is 37.5. The number of rotatable bonds is 2. The summed E-state index contributed by atoms with van der Waals surface area (Å²) in [5.74, 6) is 3.00. The lowest BCUT2D eigenvalue weighted by atomic mass is 9.78. The number of ether oxygens (including phenoxy) is 4. The van der Waals surface area contributed by atoms with Gasteiger partial charge < -0.3 is 48.9 Å². The second-order valence-electron chi connectivity index (χ2n) is 41.4. The van der Waals surface area contributed by atoms with Crippen LogP contribution in [-0.4, -0.2) is 86.2 Å². The Bertz CT molecular complexity index is 7790. The van der Waals surface area contributed by atoms with E-state index in [1.807, 2.05) is 12.1 Å². The topological polar surface area (TPSA) is 209 Å². The summed E-state index contributed by atoms with van der Waals surface area (Å²) >= 11 is 0. The van der Waals surface area contributed by atoms with E-state index in [2.05, 4.69) is 392 Å². The number of fused-ring (bicyclic) bond motifs is 38. The van der Waals surface area contributed by atoms with Gasteiger partial charge in [-0.1, -0.05) is 168 Å². The number of nitrogens with one attached hydrogen (secondary N) is 6. The van der Waals surface area contributed by atoms with Crippen molar-refractivity contribution >= 4 is 139 Å². The molecule has 16 nitrogen and oxygen atoms in total. The maximum atomic E-state index is 6.88. The third-order valence-electron chi connectivity index (χ3n) is 27.5. The molecule has 0 spiro atoms. The number of hydrogen-bond donors (Lipinski definition) is 6. The zero-order chi connectivity index (χ0) is 94.0. The summed E-state index contributed by atoms with van der Waals surface area (Å²) < 4.78 is 27.2. The Morgan fingerprint density at radius 2 is 0.413 bits per heavy atom. The molecular weight excluding hydrogens is 1700 g/mol. The first-order valence-corrected chi connectivity index (χ1v) is 48.5. The van der Waals surface area contributed by atoms with Crippen LogP contribution in [0.25, 0.3) is 228 Å². The Morgan fingerprint density at radius 3 is 0.674 bits per heavy atom. The molecule has 15 aromatic rings. The van der Waals surface area contributed by atoms with Crippen molar-refractivity contribution < 1.29 is 18.9 Å². The molecule has 0 saturated heterocycles. The lowest BCUT2D eigenvalue weighted by Crippen LogP contribution is -2.16. The molecule has 17 heterocycles. The molecule has 23 rings (SSSR count). The minimum absolute atomic E-state index is 0.192. The van der Waals surface area contributed by atoms with Gasteiger partial charge in [0.05, 0.1) is 94.8 Å². The van der Waals surface area contributed by atoms with Crippen molar-refractivity contribution in [3.63, 3.8) is 0 Å². The van der Waals surface area contributed by atoms with Crippen LogP contribution in [0, 0.1) is 0 Å². The summed E-state index contributed by atoms with van der Waals surface area (Å²) in [6.45, 7) is 29.6. The van der Waals surface area contributed by atoms with Gasteiger partial charge in [0, 0.05) is 122 Å². The lowest BCUT2D eigenvalue weighted by Gasteiger charge is -2.26. The molecule has 9 aromatic heterocycles. The predicted molar refractivity (Wildman–Crippen MR) is 572 cm³/mol. The molecule has 0 saturated carbocycles. The van der Waals surface area contributed by atoms with Crippen molar-refractivity contribution in [3.8, 4) is 112 Å². The second-order valence-corrected chi connectivity index (χ2v) is 41.4. The van der Waals surface area contributed by atoms with E-state index in [4.69, 9.17) is 48.9 Å². The molecule has 6 aromatic carbocycles. The fourth-order valence-electron chi connectivity index (χ4n) is 20.1. The smallest absolute Gasteiger partial charge is 0.119 e. The molecule has 16 heteroatoms. The maximum absolute atomic E-state index is 6.88. The highest BCUT2D eigenvalue weighted by molar-refractivity contribution is 6.08. The number of nitrogens with zero attached hydrogens (tertiary/aromatic N) is 6. The molecule has 0 radical (unpaired) electrons. The van der Waals surface area contributed by atoms with E-state index in [0.717, 1.165) is 251 Å². The normalized spacial score (nSPS) is 14.3. The standard InChI is InChI=1S/C122H110N12O4/c1-119(2,3)77-59-75(60-78(67-77)120(4,5)6)113-91-37-33-83(125-91)69-81-31-35-89(123-81)109-71-23-19-27-85(63-71)135-55-15-13-17-57-137-87-29-21-25-73(65-87)111-95-41-49-103(129-95)115(117(101-47-39-93(109)127-101)107-53-45-99(113)133-107)105-51-43-97(131-105)112-74-26-22-30-88(66-74)138-58-18-14-16-56-136-86-28-20-24-72(64-86)110-90-36-32-82(124-90)70-84-34-38-92(126-84)114(76-61-79(121(7,8)9)68-80(62-76)122(10,11)12)100-46-54-108(134-100)118(102-48-40-94(110)128-102)116(104-50-42-96(112)130-104)106-52-44-98(111)132-106/h19-54,59-70,125-130H,13-18,55-58H2,1-12H3. The van der Waals surface area contributed by atoms with Crippen molar-refractivity contribution in [1.29, 1.82) is 0 Å². The van der Waals surface area contributed by atoms with Crippen LogP contribution in [0.1, 0.15) is 212 Å². The van der Waals surface area contributed by atoms with Crippen LogP contribution >= 0.6 is 0 Å². The summed E-state index contributed by atoms with van der Waals surface area (Å²) in [7, 11) is 0. The van der Waals surface area contributed by atoms with Crippen molar-refractivity contribution in [3.05, 3.63) is 309 Å². The summed E-state index contributed by atoms with van der Waals surface area (Å²) in [4.78, 5) is 60.0. The molecule has 682 valence electrons. The minimum Gasteiger partial charge on any atom is -0.494 e. The van der Waals surface area contributed by atoms with E-state index in [0.29, 0.717) is 60.6 Å². The van der Waals surface area contributed by atoms with E-state index in [1.165, 1.54) is 22.3 Å². The van der Waals surface area contributed by atoms with Gasteiger partial charge in [-0.05, 0) is 322 Å². The van der Waals surface area contributed by atoms with Crippen LogP contribution in [-0.2, 0) is 21.7 Å². The average molecular weight is 1810 g/mol. The lowest BCUT2D eigenvalue weighted by molar-refractivity contribution is 0.279. The number of aromatic amines is 6. The summed E-state index contributed by atoms with van der Waals surface area (Å²) in [6, 6.07) is 78.6. The van der Waals surface area contributed by atoms with Crippen LogP contribution in [0.4, 0.5) is 0 Å². The molecule has 8 aliphatic heterocycles. The molecule has 8 aliphatic rings. The highest BCUT2D eigenvalue weighted by atomic mass is 16.5. The third kappa shape index (κ3) is 16.7. The van der Waals surface area contributed by atoms with Crippen LogP contribution in [0.3, 0.4) is 0 Å². The monoisotopic (exact) mass is 1810 g/mol. The van der Waals surface area contributed by atoms with Gasteiger partial charge in [-0.2, -0.15) is 0 Å². The van der Waals surface area contributed by atoms with Gasteiger partial charge in [-0.3, -0.25) is 0 Å². The predicted octanol–water partition coefficient (Wildman–Crippen LogP) is 31.0. The first kappa shape index (κ1) is 86.4. The highest BCUT2D eigenvalue weighted by Crippen LogP contribution is 2.49. The highest BCUT2D eigenvalue weighted by Gasteiger charge is 2.31. The Labute approximate surface area is 803 Å². The van der Waals surface area contributed by atoms with Gasteiger partial charge in [0.15, 0.2) is 0 Å². The first-order valence-electron chi connectivity index (χ1n) is 48.5. The van der Waals surface area contributed by atoms with Gasteiger partial charge >= 0.3 is 0 Å². The quantitative estimate of drug-likeness (QED) is 0.0965. The maximum Gasteiger partial charge on any atom is 0.119 e. The molecule has 0 aliphatic carbocycles. The van der Waals surface area contributed by atoms with Gasteiger partial charge in [-0.25, -0.2) is 29.9 Å². The largest absolute Gasteiger partial charge is 0.494 e. The van der Waals surface area contributed by atoms with E-state index in [1.54, 1.807) is 0 Å². The number of aromatic nitrogens is 12. The Kier molecular flexibility index (Phi) is 21.5. The minimum atomic E-state index is -0.192. The Balaban J connectivity index is 0.880. The van der Waals surface area contributed by atoms with Crippen molar-refractivity contribution in [1.82, 2.24) is 59.8 Å². The fraction of sp³-hybridized carbons (Fsp3) is 0.213. The number of H-pyrrole nitrogens is 6. The summed E-state index contributed by atoms with van der Waals surface area (Å²) in [6.07, 6.45) is 31.0. The molecule has 40 bridgehead atoms. The molecule has 0 atom stereocenters. The van der Waals surface area contributed by atoms with Gasteiger partial charge in [0.2, 0.25) is 0 Å². The van der Waals surface area contributed by atoms with Crippen molar-refractivity contribution in [2.75, 3.05) is 26.4 Å². The fourth-order valence-corrected chi connectivity index (χ4v) is 20.1. The van der Waals surface area contributed by atoms with Crippen LogP contribution in [0.5, 0.6) is 23.0 Å². The van der Waals surface area contributed by atoms with E-state index in [9.17, 15) is 0 Å². The van der Waals surface area contributed by atoms with E-state index >= 15 is 0 Å². The molecule has 0 fully saturated rings. The number of benzene rings is 6. The van der Waals surface area contributed by atoms with Gasteiger partial charge in [0.1, 0.15) is 23.0 Å². The zero-order valence-corrected chi connectivity index (χ0v) is 80.1. The van der Waals surface area contributed by atoms with Crippen molar-refractivity contribution in [2.45, 2.75) is 143 Å². The van der Waals surface area contributed by atoms with Gasteiger partial charge in [0.25, 0.3) is 0 Å². The SMILES string of the molecule is CC(C)(C)c1cc(-c2c3nc(c4c5ccc([nH]5)c(c5nc(cc6ccc2[nH]6)C=C5)-c2cccc(c2)OCCCCCOc2cccc(c2)-c2c5nc(c6c7ccc([nH]7)c(c7nc(c-4c4ccc2[nH]4)C=C7)-c2cccc(c2)OCCCCCOc2cccc(c2)-c2c4nc(cc7ccc([nH]7)c(-c7cc(C(C)(C)C)cc(C(C)(C)C)c7)c7nc(c-6c6ccc2[nH]6)C=C7)C=C4)C=C5)C=C3)cc(C(C)(C)C)c1. The molecule has 138 heavy (non-hydrogen) atoms. The third-order valence-corrected chi connectivity index (χ3v) is 27.5. The van der Waals surface area contributed by atoms with Crippen LogP contribution < -0.4 is 18.9 Å². The molecule has 0 amide bonds. The Morgan fingerprint density at radius 1 is 0.196 bits per heavy atom. The Hall–Kier alpha value is -15.7. The second kappa shape index (κ2) is 34.3. The average Bonchev–Trinajstić information content (AvgIpc) is 1.49. The summed E-state index contributed by atoms with van der Waals surface area (Å²) in [5, 5.41) is 0.